The molecule has 8 aromatic rings. The van der Waals surface area contributed by atoms with Crippen molar-refractivity contribution < 1.29 is 0 Å². The molecule has 0 bridgehead atoms. The van der Waals surface area contributed by atoms with Crippen LogP contribution in [-0.2, 0) is 10.8 Å². The van der Waals surface area contributed by atoms with E-state index in [0.717, 1.165) is 28.2 Å². The number of rotatable bonds is 4. The van der Waals surface area contributed by atoms with E-state index in [9.17, 15) is 5.26 Å². The van der Waals surface area contributed by atoms with Crippen LogP contribution in [0.1, 0.15) is 52.8 Å². The summed E-state index contributed by atoms with van der Waals surface area (Å²) in [6, 6.07) is 69.0. The number of nitrogens with zero attached hydrogens (tertiary/aromatic N) is 2. The fourth-order valence-electron chi connectivity index (χ4n) is 10.0. The molecule has 8 aromatic carbocycles. The third kappa shape index (κ3) is 4.30. The lowest BCUT2D eigenvalue weighted by molar-refractivity contribution is 0.660. The van der Waals surface area contributed by atoms with E-state index < -0.39 is 5.41 Å². The topological polar surface area (TPSA) is 27.0 Å². The monoisotopic (exact) mass is 700 g/mol. The average Bonchev–Trinajstić information content (AvgIpc) is 3.80. The summed E-state index contributed by atoms with van der Waals surface area (Å²) in [4.78, 5) is 2.44. The molecule has 0 saturated carbocycles. The highest BCUT2D eigenvalue weighted by Crippen LogP contribution is 2.63. The van der Waals surface area contributed by atoms with Gasteiger partial charge in [-0.2, -0.15) is 5.26 Å². The Morgan fingerprint density at radius 2 is 0.764 bits per heavy atom. The smallest absolute Gasteiger partial charge is 0.0991 e. The summed E-state index contributed by atoms with van der Waals surface area (Å²) in [5.74, 6) is 0. The van der Waals surface area contributed by atoms with E-state index in [-0.39, 0.29) is 5.41 Å². The Bertz CT molecular complexity index is 2840. The minimum atomic E-state index is -0.429. The van der Waals surface area contributed by atoms with Crippen molar-refractivity contribution in [3.63, 3.8) is 0 Å². The SMILES string of the molecule is CC1(C)c2ccccc2-c2ccc(N(c3ccc(-c4ccc(C#N)cc4)cc3)c3ccc4c(c3)C3(c5ccccc5-c5ccccc53)c3ccccc3-4)cc21. The summed E-state index contributed by atoms with van der Waals surface area (Å²) in [7, 11) is 0. The summed E-state index contributed by atoms with van der Waals surface area (Å²) < 4.78 is 0. The van der Waals surface area contributed by atoms with Gasteiger partial charge in [0.1, 0.15) is 0 Å². The second kappa shape index (κ2) is 11.5. The van der Waals surface area contributed by atoms with Gasteiger partial charge in [0, 0.05) is 22.5 Å². The summed E-state index contributed by atoms with van der Waals surface area (Å²) in [6.07, 6.45) is 0. The van der Waals surface area contributed by atoms with Crippen LogP contribution >= 0.6 is 0 Å². The van der Waals surface area contributed by atoms with Crippen LogP contribution < -0.4 is 4.90 Å². The number of anilines is 3. The number of hydrogen-bond donors (Lipinski definition) is 0. The van der Waals surface area contributed by atoms with Crippen LogP contribution in [0.2, 0.25) is 0 Å². The van der Waals surface area contributed by atoms with Gasteiger partial charge in [-0.25, -0.2) is 0 Å². The Morgan fingerprint density at radius 1 is 0.382 bits per heavy atom. The van der Waals surface area contributed by atoms with Crippen LogP contribution in [0, 0.1) is 11.3 Å². The van der Waals surface area contributed by atoms with E-state index in [1.54, 1.807) is 0 Å². The van der Waals surface area contributed by atoms with Crippen molar-refractivity contribution >= 4 is 17.1 Å². The predicted molar refractivity (Wildman–Crippen MR) is 225 cm³/mol. The molecule has 0 aliphatic heterocycles. The summed E-state index contributed by atoms with van der Waals surface area (Å²) in [6.45, 7) is 4.70. The molecule has 11 rings (SSSR count). The second-order valence-electron chi connectivity index (χ2n) is 15.6. The normalized spacial score (nSPS) is 14.3. The fraction of sp³-hybridized carbons (Fsp3) is 0.0755. The molecule has 55 heavy (non-hydrogen) atoms. The van der Waals surface area contributed by atoms with Crippen LogP contribution in [0.3, 0.4) is 0 Å². The Morgan fingerprint density at radius 3 is 1.27 bits per heavy atom. The highest BCUT2D eigenvalue weighted by Gasteiger charge is 2.51. The van der Waals surface area contributed by atoms with E-state index in [1.165, 1.54) is 66.8 Å². The van der Waals surface area contributed by atoms with Gasteiger partial charge >= 0.3 is 0 Å². The van der Waals surface area contributed by atoms with Crippen LogP contribution in [0.4, 0.5) is 17.1 Å². The molecule has 2 heteroatoms. The van der Waals surface area contributed by atoms with Gasteiger partial charge in [-0.1, -0.05) is 147 Å². The summed E-state index contributed by atoms with van der Waals surface area (Å²) >= 11 is 0. The van der Waals surface area contributed by atoms with Crippen molar-refractivity contribution in [3.8, 4) is 50.6 Å². The number of benzene rings is 8. The van der Waals surface area contributed by atoms with Gasteiger partial charge in [-0.15, -0.1) is 0 Å². The molecule has 0 unspecified atom stereocenters. The second-order valence-corrected chi connectivity index (χ2v) is 15.6. The van der Waals surface area contributed by atoms with Crippen LogP contribution in [0.5, 0.6) is 0 Å². The molecule has 0 aromatic heterocycles. The lowest BCUT2D eigenvalue weighted by atomic mass is 9.70. The molecule has 2 nitrogen and oxygen atoms in total. The highest BCUT2D eigenvalue weighted by molar-refractivity contribution is 5.96. The molecule has 0 heterocycles. The molecular formula is C53H36N2. The van der Waals surface area contributed by atoms with E-state index >= 15 is 0 Å². The molecule has 0 atom stereocenters. The first-order valence-corrected chi connectivity index (χ1v) is 19.1. The number of nitriles is 1. The molecule has 258 valence electrons. The van der Waals surface area contributed by atoms with Gasteiger partial charge in [0.15, 0.2) is 0 Å². The zero-order valence-electron chi connectivity index (χ0n) is 30.7. The van der Waals surface area contributed by atoms with Gasteiger partial charge in [0.2, 0.25) is 0 Å². The molecule has 0 fully saturated rings. The molecular weight excluding hydrogens is 665 g/mol. The molecule has 1 spiro atoms. The number of fused-ring (bicyclic) bond motifs is 13. The Labute approximate surface area is 322 Å². The Balaban J connectivity index is 1.14. The first-order chi connectivity index (χ1) is 27.0. The van der Waals surface area contributed by atoms with Gasteiger partial charge in [-0.3, -0.25) is 0 Å². The van der Waals surface area contributed by atoms with Gasteiger partial charge in [0.25, 0.3) is 0 Å². The van der Waals surface area contributed by atoms with Crippen molar-refractivity contribution in [2.45, 2.75) is 24.7 Å². The first kappa shape index (κ1) is 31.6. The maximum atomic E-state index is 9.37. The Kier molecular flexibility index (Phi) is 6.61. The van der Waals surface area contributed by atoms with E-state index in [4.69, 9.17) is 0 Å². The van der Waals surface area contributed by atoms with Gasteiger partial charge in [-0.05, 0) is 126 Å². The summed E-state index contributed by atoms with van der Waals surface area (Å²) in [5.41, 5.74) is 21.5. The Hall–Kier alpha value is -6.95. The van der Waals surface area contributed by atoms with Gasteiger partial charge in [0.05, 0.1) is 17.0 Å². The fourth-order valence-corrected chi connectivity index (χ4v) is 10.0. The van der Waals surface area contributed by atoms with Gasteiger partial charge < -0.3 is 4.90 Å². The predicted octanol–water partition coefficient (Wildman–Crippen LogP) is 13.3. The third-order valence-electron chi connectivity index (χ3n) is 12.5. The van der Waals surface area contributed by atoms with Crippen molar-refractivity contribution in [1.29, 1.82) is 5.26 Å². The quantitative estimate of drug-likeness (QED) is 0.183. The average molecular weight is 701 g/mol. The van der Waals surface area contributed by atoms with Crippen molar-refractivity contribution in [3.05, 3.63) is 221 Å². The molecule has 0 saturated heterocycles. The van der Waals surface area contributed by atoms with Crippen molar-refractivity contribution in [1.82, 2.24) is 0 Å². The van der Waals surface area contributed by atoms with Crippen molar-refractivity contribution in [2.24, 2.45) is 0 Å². The zero-order valence-corrected chi connectivity index (χ0v) is 30.7. The van der Waals surface area contributed by atoms with Crippen LogP contribution in [-0.4, -0.2) is 0 Å². The highest BCUT2D eigenvalue weighted by atomic mass is 15.1. The van der Waals surface area contributed by atoms with Crippen molar-refractivity contribution in [2.75, 3.05) is 4.90 Å². The van der Waals surface area contributed by atoms with Crippen LogP contribution in [0.25, 0.3) is 44.5 Å². The van der Waals surface area contributed by atoms with E-state index in [1.807, 2.05) is 24.3 Å². The maximum Gasteiger partial charge on any atom is 0.0991 e. The lowest BCUT2D eigenvalue weighted by Crippen LogP contribution is -2.26. The minimum Gasteiger partial charge on any atom is -0.310 e. The lowest BCUT2D eigenvalue weighted by Gasteiger charge is -2.32. The van der Waals surface area contributed by atoms with E-state index in [0.29, 0.717) is 5.56 Å². The molecule has 3 aliphatic carbocycles. The molecule has 0 amide bonds. The standard InChI is InChI=1S/C53H36N2/c1-52(2)46-15-7-3-11-40(46)44-29-27-38(31-50(44)52)55(37-25-23-36(24-26-37)35-21-19-34(33-54)20-22-35)39-28-30-45-43-14-6-10-18-49(43)53(51(45)32-39)47-16-8-4-12-41(47)42-13-5-9-17-48(42)53/h3-32H,1-2H3. The zero-order chi connectivity index (χ0) is 36.9. The minimum absolute atomic E-state index is 0.131. The maximum absolute atomic E-state index is 9.37. The molecule has 3 aliphatic rings. The van der Waals surface area contributed by atoms with Crippen LogP contribution in [0.15, 0.2) is 182 Å². The van der Waals surface area contributed by atoms with E-state index in [2.05, 4.69) is 183 Å². The largest absolute Gasteiger partial charge is 0.310 e. The third-order valence-corrected chi connectivity index (χ3v) is 12.5. The first-order valence-electron chi connectivity index (χ1n) is 19.1. The molecule has 0 radical (unpaired) electrons. The number of hydrogen-bond acceptors (Lipinski definition) is 2. The molecule has 0 N–H and O–H groups in total. The summed E-state index contributed by atoms with van der Waals surface area (Å²) in [5, 5.41) is 9.37.